The highest BCUT2D eigenvalue weighted by Gasteiger charge is 2.15. The van der Waals surface area contributed by atoms with E-state index in [-0.39, 0.29) is 11.6 Å². The Morgan fingerprint density at radius 3 is 2.36 bits per heavy atom. The number of carbonyl (C=O) groups is 2. The van der Waals surface area contributed by atoms with Crippen molar-refractivity contribution in [1.29, 1.82) is 0 Å². The van der Waals surface area contributed by atoms with Crippen molar-refractivity contribution in [2.24, 2.45) is 0 Å². The molecule has 0 unspecified atom stereocenters. The summed E-state index contributed by atoms with van der Waals surface area (Å²) in [6.45, 7) is 1.94. The lowest BCUT2D eigenvalue weighted by molar-refractivity contribution is -0.113. The zero-order valence-corrected chi connectivity index (χ0v) is 15.9. The predicted octanol–water partition coefficient (Wildman–Crippen LogP) is 4.45. The molecule has 5 nitrogen and oxygen atoms in total. The number of hydrogen-bond donors (Lipinski definition) is 2. The Labute approximate surface area is 168 Å². The van der Waals surface area contributed by atoms with Crippen molar-refractivity contribution in [3.63, 3.8) is 0 Å². The zero-order chi connectivity index (χ0) is 19.9. The van der Waals surface area contributed by atoms with Gasteiger partial charge in [0.15, 0.2) is 0 Å². The average molecular weight is 392 g/mol. The lowest BCUT2D eigenvalue weighted by Crippen LogP contribution is -2.30. The molecule has 0 saturated heterocycles. The quantitative estimate of drug-likeness (QED) is 0.631. The van der Waals surface area contributed by atoms with E-state index < -0.39 is 5.91 Å². The summed E-state index contributed by atoms with van der Waals surface area (Å²) >= 11 is 5.88. The molecule has 2 aromatic carbocycles. The van der Waals surface area contributed by atoms with Crippen molar-refractivity contribution in [3.8, 4) is 0 Å². The van der Waals surface area contributed by atoms with Gasteiger partial charge in [0.2, 0.25) is 0 Å². The maximum atomic E-state index is 12.8. The van der Waals surface area contributed by atoms with Crippen LogP contribution in [0.1, 0.15) is 21.5 Å². The summed E-state index contributed by atoms with van der Waals surface area (Å²) in [6.07, 6.45) is 4.81. The van der Waals surface area contributed by atoms with Gasteiger partial charge in [-0.2, -0.15) is 0 Å². The third-order valence-electron chi connectivity index (χ3n) is 3.90. The van der Waals surface area contributed by atoms with Crippen LogP contribution >= 0.6 is 11.6 Å². The Bertz CT molecular complexity index is 998. The molecule has 3 aromatic rings. The Morgan fingerprint density at radius 2 is 1.71 bits per heavy atom. The average Bonchev–Trinajstić information content (AvgIpc) is 2.70. The van der Waals surface area contributed by atoms with Gasteiger partial charge >= 0.3 is 0 Å². The number of nitrogens with zero attached hydrogens (tertiary/aromatic N) is 1. The van der Waals surface area contributed by atoms with Gasteiger partial charge in [0.1, 0.15) is 5.70 Å². The first-order chi connectivity index (χ1) is 13.5. The number of amides is 2. The van der Waals surface area contributed by atoms with E-state index in [0.29, 0.717) is 21.8 Å². The lowest BCUT2D eigenvalue weighted by Gasteiger charge is -2.11. The first-order valence-corrected chi connectivity index (χ1v) is 8.96. The van der Waals surface area contributed by atoms with Crippen LogP contribution in [0.25, 0.3) is 6.08 Å². The highest BCUT2D eigenvalue weighted by atomic mass is 35.5. The van der Waals surface area contributed by atoms with E-state index in [9.17, 15) is 9.59 Å². The van der Waals surface area contributed by atoms with Gasteiger partial charge in [0, 0.05) is 28.7 Å². The van der Waals surface area contributed by atoms with Gasteiger partial charge in [0.05, 0.1) is 0 Å². The second kappa shape index (κ2) is 8.97. The second-order valence-corrected chi connectivity index (χ2v) is 6.56. The summed E-state index contributed by atoms with van der Waals surface area (Å²) in [5.41, 5.74) is 2.86. The largest absolute Gasteiger partial charge is 0.321 e. The zero-order valence-electron chi connectivity index (χ0n) is 15.1. The summed E-state index contributed by atoms with van der Waals surface area (Å²) in [4.78, 5) is 29.4. The maximum absolute atomic E-state index is 12.8. The Hall–Kier alpha value is -3.44. The van der Waals surface area contributed by atoms with Gasteiger partial charge in [-0.1, -0.05) is 35.4 Å². The Balaban J connectivity index is 1.85. The normalized spacial score (nSPS) is 11.0. The molecule has 28 heavy (non-hydrogen) atoms. The van der Waals surface area contributed by atoms with Crippen molar-refractivity contribution < 1.29 is 9.59 Å². The first-order valence-electron chi connectivity index (χ1n) is 8.58. The van der Waals surface area contributed by atoms with Crippen LogP contribution < -0.4 is 10.6 Å². The molecule has 0 aliphatic carbocycles. The molecule has 0 saturated carbocycles. The number of nitrogens with one attached hydrogen (secondary N) is 2. The molecule has 0 bridgehead atoms. The molecule has 2 amide bonds. The van der Waals surface area contributed by atoms with E-state index >= 15 is 0 Å². The standard InChI is InChI=1S/C22H18ClN3O2/c1-15-4-6-17(7-5-15)21(27)26-20(13-16-3-2-12-24-14-16)22(28)25-19-10-8-18(23)9-11-19/h2-14H,1H3,(H,25,28)(H,26,27)/b20-13-. The number of anilines is 1. The second-order valence-electron chi connectivity index (χ2n) is 6.13. The Morgan fingerprint density at radius 1 is 1.00 bits per heavy atom. The predicted molar refractivity (Wildman–Crippen MR) is 111 cm³/mol. The van der Waals surface area contributed by atoms with E-state index in [1.807, 2.05) is 19.1 Å². The number of aryl methyl sites for hydroxylation is 1. The minimum absolute atomic E-state index is 0.105. The first kappa shape index (κ1) is 19.3. The number of benzene rings is 2. The van der Waals surface area contributed by atoms with Crippen molar-refractivity contribution in [3.05, 3.63) is 100 Å². The minimum Gasteiger partial charge on any atom is -0.321 e. The maximum Gasteiger partial charge on any atom is 0.272 e. The third-order valence-corrected chi connectivity index (χ3v) is 4.16. The van der Waals surface area contributed by atoms with E-state index in [1.165, 1.54) is 0 Å². The highest BCUT2D eigenvalue weighted by molar-refractivity contribution is 6.30. The van der Waals surface area contributed by atoms with Crippen LogP contribution in [-0.2, 0) is 4.79 Å². The molecule has 1 aromatic heterocycles. The number of rotatable bonds is 5. The molecule has 6 heteroatoms. The topological polar surface area (TPSA) is 71.1 Å². The van der Waals surface area contributed by atoms with Crippen molar-refractivity contribution in [2.45, 2.75) is 6.92 Å². The minimum atomic E-state index is -0.452. The molecule has 0 aliphatic rings. The van der Waals surface area contributed by atoms with Gasteiger partial charge in [-0.3, -0.25) is 14.6 Å². The van der Waals surface area contributed by atoms with Crippen LogP contribution in [0, 0.1) is 6.92 Å². The van der Waals surface area contributed by atoms with Crippen LogP contribution in [0.3, 0.4) is 0 Å². The van der Waals surface area contributed by atoms with E-state index in [2.05, 4.69) is 15.6 Å². The van der Waals surface area contributed by atoms with Crippen LogP contribution in [0.4, 0.5) is 5.69 Å². The number of aromatic nitrogens is 1. The van der Waals surface area contributed by atoms with Crippen molar-refractivity contribution in [1.82, 2.24) is 10.3 Å². The summed E-state index contributed by atoms with van der Waals surface area (Å²) in [5.74, 6) is -0.826. The van der Waals surface area contributed by atoms with Gasteiger partial charge < -0.3 is 10.6 Å². The Kier molecular flexibility index (Phi) is 6.19. The van der Waals surface area contributed by atoms with Gasteiger partial charge in [0.25, 0.3) is 11.8 Å². The monoisotopic (exact) mass is 391 g/mol. The number of pyridine rings is 1. The summed E-state index contributed by atoms with van der Waals surface area (Å²) in [5, 5.41) is 6.01. The fraction of sp³-hybridized carbons (Fsp3) is 0.0455. The van der Waals surface area contributed by atoms with Crippen LogP contribution in [0.5, 0.6) is 0 Å². The molecule has 140 valence electrons. The van der Waals surface area contributed by atoms with Gasteiger partial charge in [-0.25, -0.2) is 0 Å². The SMILES string of the molecule is Cc1ccc(C(=O)N/C(=C\c2cccnc2)C(=O)Nc2ccc(Cl)cc2)cc1. The molecular weight excluding hydrogens is 374 g/mol. The molecular formula is C22H18ClN3O2. The molecule has 0 fully saturated rings. The van der Waals surface area contributed by atoms with Crippen LogP contribution in [0.15, 0.2) is 78.8 Å². The number of carbonyl (C=O) groups excluding carboxylic acids is 2. The summed E-state index contributed by atoms with van der Waals surface area (Å²) in [6, 6.07) is 17.4. The molecule has 3 rings (SSSR count). The lowest BCUT2D eigenvalue weighted by atomic mass is 10.1. The van der Waals surface area contributed by atoms with Crippen molar-refractivity contribution in [2.75, 3.05) is 5.32 Å². The fourth-order valence-corrected chi connectivity index (χ4v) is 2.54. The molecule has 0 atom stereocenters. The van der Waals surface area contributed by atoms with E-state index in [0.717, 1.165) is 5.56 Å². The van der Waals surface area contributed by atoms with Crippen LogP contribution in [-0.4, -0.2) is 16.8 Å². The van der Waals surface area contributed by atoms with E-state index in [1.54, 1.807) is 67.0 Å². The molecule has 2 N–H and O–H groups in total. The third kappa shape index (κ3) is 5.28. The van der Waals surface area contributed by atoms with E-state index in [4.69, 9.17) is 11.6 Å². The molecule has 0 spiro atoms. The molecule has 0 radical (unpaired) electrons. The highest BCUT2D eigenvalue weighted by Crippen LogP contribution is 2.15. The molecule has 0 aliphatic heterocycles. The molecule has 1 heterocycles. The number of halogens is 1. The summed E-state index contributed by atoms with van der Waals surface area (Å²) in [7, 11) is 0. The van der Waals surface area contributed by atoms with Crippen LogP contribution in [0.2, 0.25) is 5.02 Å². The fourth-order valence-electron chi connectivity index (χ4n) is 2.42. The smallest absolute Gasteiger partial charge is 0.272 e. The number of hydrogen-bond acceptors (Lipinski definition) is 3. The van der Waals surface area contributed by atoms with Gasteiger partial charge in [-0.15, -0.1) is 0 Å². The summed E-state index contributed by atoms with van der Waals surface area (Å²) < 4.78 is 0. The van der Waals surface area contributed by atoms with Crippen molar-refractivity contribution >= 4 is 35.2 Å². The van der Waals surface area contributed by atoms with Gasteiger partial charge in [-0.05, 0) is 61.0 Å².